The highest BCUT2D eigenvalue weighted by Gasteiger charge is 2.24. The molecule has 1 aromatic heterocycles. The van der Waals surface area contributed by atoms with Crippen molar-refractivity contribution in [1.29, 1.82) is 0 Å². The molecule has 1 aliphatic heterocycles. The van der Waals surface area contributed by atoms with E-state index in [1.54, 1.807) is 22.4 Å². The Kier molecular flexibility index (Phi) is 4.24. The van der Waals surface area contributed by atoms with E-state index in [0.29, 0.717) is 23.8 Å². The van der Waals surface area contributed by atoms with Gasteiger partial charge in [0.15, 0.2) is 0 Å². The highest BCUT2D eigenvalue weighted by molar-refractivity contribution is 7.13. The number of nitrogens with zero attached hydrogens (tertiary/aromatic N) is 2. The van der Waals surface area contributed by atoms with Crippen LogP contribution in [0.3, 0.4) is 0 Å². The van der Waals surface area contributed by atoms with Crippen molar-refractivity contribution in [3.05, 3.63) is 40.4 Å². The molecule has 2 heterocycles. The average molecular weight is 323 g/mol. The minimum atomic E-state index is -0.419. The number of amides is 1. The number of aliphatic hydroxyl groups excluding tert-OH is 1. The third-order valence-corrected chi connectivity index (χ3v) is 4.64. The summed E-state index contributed by atoms with van der Waals surface area (Å²) in [5, 5.41) is 12.9. The van der Waals surface area contributed by atoms with Crippen LogP contribution in [-0.2, 0) is 0 Å². The Morgan fingerprint density at radius 3 is 2.86 bits per heavy atom. The number of thiazole rings is 1. The molecule has 2 aromatic rings. The molecule has 3 rings (SSSR count). The Balaban J connectivity index is 1.78. The molecule has 4 nitrogen and oxygen atoms in total. The Bertz CT molecular complexity index is 641. The summed E-state index contributed by atoms with van der Waals surface area (Å²) in [4.78, 5) is 18.5. The molecule has 1 fully saturated rings. The molecule has 0 aliphatic carbocycles. The fourth-order valence-corrected chi connectivity index (χ4v) is 3.32. The predicted molar refractivity (Wildman–Crippen MR) is 83.7 cm³/mol. The van der Waals surface area contributed by atoms with E-state index < -0.39 is 6.10 Å². The molecule has 0 bridgehead atoms. The smallest absolute Gasteiger partial charge is 0.273 e. The Morgan fingerprint density at radius 1 is 1.38 bits per heavy atom. The van der Waals surface area contributed by atoms with Gasteiger partial charge >= 0.3 is 0 Å². The van der Waals surface area contributed by atoms with E-state index in [9.17, 15) is 9.90 Å². The summed E-state index contributed by atoms with van der Waals surface area (Å²) < 4.78 is 0. The number of β-amino-alcohol motifs (C(OH)–C–C–N with tert-alkyl or cyclic N) is 1. The molecule has 1 N–H and O–H groups in total. The molecule has 0 saturated carbocycles. The van der Waals surface area contributed by atoms with Gasteiger partial charge in [0.1, 0.15) is 10.7 Å². The molecule has 1 aliphatic rings. The van der Waals surface area contributed by atoms with Gasteiger partial charge in [-0.15, -0.1) is 11.3 Å². The molecule has 1 aromatic carbocycles. The van der Waals surface area contributed by atoms with Crippen LogP contribution < -0.4 is 0 Å². The van der Waals surface area contributed by atoms with Crippen molar-refractivity contribution in [2.75, 3.05) is 13.1 Å². The van der Waals surface area contributed by atoms with E-state index >= 15 is 0 Å². The summed E-state index contributed by atoms with van der Waals surface area (Å²) in [6, 6.07) is 7.39. The van der Waals surface area contributed by atoms with Crippen molar-refractivity contribution >= 4 is 28.8 Å². The molecule has 6 heteroatoms. The van der Waals surface area contributed by atoms with Gasteiger partial charge in [-0.05, 0) is 25.0 Å². The molecular formula is C15H15ClN2O2S. The number of benzene rings is 1. The maximum atomic E-state index is 12.4. The monoisotopic (exact) mass is 322 g/mol. The minimum absolute atomic E-state index is 0.106. The third-order valence-electron chi connectivity index (χ3n) is 3.50. The molecule has 110 valence electrons. The fraction of sp³-hybridized carbons (Fsp3) is 0.333. The second-order valence-electron chi connectivity index (χ2n) is 5.09. The molecule has 1 saturated heterocycles. The lowest BCUT2D eigenvalue weighted by molar-refractivity contribution is 0.0469. The number of halogens is 1. The van der Waals surface area contributed by atoms with Crippen molar-refractivity contribution in [1.82, 2.24) is 9.88 Å². The lowest BCUT2D eigenvalue weighted by Crippen LogP contribution is -2.42. The first-order valence-corrected chi connectivity index (χ1v) is 8.08. The van der Waals surface area contributed by atoms with Crippen LogP contribution in [-0.4, -0.2) is 40.1 Å². The number of likely N-dealkylation sites (tertiary alicyclic amines) is 1. The predicted octanol–water partition coefficient (Wildman–Crippen LogP) is 3.06. The average Bonchev–Trinajstić information content (AvgIpc) is 2.97. The summed E-state index contributed by atoms with van der Waals surface area (Å²) in [7, 11) is 0. The van der Waals surface area contributed by atoms with Gasteiger partial charge in [0.25, 0.3) is 5.91 Å². The van der Waals surface area contributed by atoms with Crippen LogP contribution in [0.15, 0.2) is 29.6 Å². The van der Waals surface area contributed by atoms with Gasteiger partial charge in [-0.2, -0.15) is 0 Å². The number of hydrogen-bond acceptors (Lipinski definition) is 4. The number of rotatable bonds is 2. The Labute approximate surface area is 132 Å². The zero-order chi connectivity index (χ0) is 14.8. The van der Waals surface area contributed by atoms with E-state index in [1.807, 2.05) is 12.1 Å². The SMILES string of the molecule is O=C(c1csc(-c2ccc(Cl)cc2)n1)N1CCCC(O)C1. The van der Waals surface area contributed by atoms with E-state index in [4.69, 9.17) is 11.6 Å². The highest BCUT2D eigenvalue weighted by atomic mass is 35.5. The van der Waals surface area contributed by atoms with E-state index in [-0.39, 0.29) is 5.91 Å². The number of carbonyl (C=O) groups excluding carboxylic acids is 1. The molecule has 21 heavy (non-hydrogen) atoms. The van der Waals surface area contributed by atoms with Crippen LogP contribution in [0.4, 0.5) is 0 Å². The number of hydrogen-bond donors (Lipinski definition) is 1. The summed E-state index contributed by atoms with van der Waals surface area (Å²) in [5.41, 5.74) is 1.39. The van der Waals surface area contributed by atoms with Crippen molar-refractivity contribution < 1.29 is 9.90 Å². The zero-order valence-electron chi connectivity index (χ0n) is 11.3. The molecule has 1 amide bonds. The van der Waals surface area contributed by atoms with Gasteiger partial charge in [-0.25, -0.2) is 4.98 Å². The van der Waals surface area contributed by atoms with E-state index in [0.717, 1.165) is 23.4 Å². The molecule has 0 spiro atoms. The van der Waals surface area contributed by atoms with Crippen LogP contribution in [0.5, 0.6) is 0 Å². The van der Waals surface area contributed by atoms with Crippen LogP contribution in [0, 0.1) is 0 Å². The summed E-state index contributed by atoms with van der Waals surface area (Å²) in [6.07, 6.45) is 1.18. The molecule has 1 atom stereocenters. The largest absolute Gasteiger partial charge is 0.391 e. The van der Waals surface area contributed by atoms with Crippen molar-refractivity contribution in [2.45, 2.75) is 18.9 Å². The van der Waals surface area contributed by atoms with Gasteiger partial charge in [-0.1, -0.05) is 23.7 Å². The lowest BCUT2D eigenvalue weighted by Gasteiger charge is -2.29. The molecule has 0 radical (unpaired) electrons. The highest BCUT2D eigenvalue weighted by Crippen LogP contribution is 2.26. The van der Waals surface area contributed by atoms with Crippen molar-refractivity contribution in [3.8, 4) is 10.6 Å². The quantitative estimate of drug-likeness (QED) is 0.924. The first-order chi connectivity index (χ1) is 10.1. The summed E-state index contributed by atoms with van der Waals surface area (Å²) in [6.45, 7) is 1.08. The first-order valence-electron chi connectivity index (χ1n) is 6.82. The lowest BCUT2D eigenvalue weighted by atomic mass is 10.1. The van der Waals surface area contributed by atoms with Crippen LogP contribution >= 0.6 is 22.9 Å². The maximum Gasteiger partial charge on any atom is 0.273 e. The maximum absolute atomic E-state index is 12.4. The van der Waals surface area contributed by atoms with Gasteiger partial charge < -0.3 is 10.0 Å². The number of piperidine rings is 1. The topological polar surface area (TPSA) is 53.4 Å². The normalized spacial score (nSPS) is 18.8. The van der Waals surface area contributed by atoms with E-state index in [2.05, 4.69) is 4.98 Å². The van der Waals surface area contributed by atoms with Gasteiger partial charge in [0, 0.05) is 29.1 Å². The van der Waals surface area contributed by atoms with Crippen LogP contribution in [0.25, 0.3) is 10.6 Å². The van der Waals surface area contributed by atoms with Crippen LogP contribution in [0.2, 0.25) is 5.02 Å². The van der Waals surface area contributed by atoms with Crippen LogP contribution in [0.1, 0.15) is 23.3 Å². The zero-order valence-corrected chi connectivity index (χ0v) is 12.9. The second-order valence-corrected chi connectivity index (χ2v) is 6.39. The summed E-state index contributed by atoms with van der Waals surface area (Å²) in [5.74, 6) is -0.106. The standard InChI is InChI=1S/C15H15ClN2O2S/c16-11-5-3-10(4-6-11)14-17-13(9-21-14)15(20)18-7-1-2-12(19)8-18/h3-6,9,12,19H,1-2,7-8H2. The second kappa shape index (κ2) is 6.13. The molecule has 1 unspecified atom stereocenters. The van der Waals surface area contributed by atoms with Crippen molar-refractivity contribution in [3.63, 3.8) is 0 Å². The van der Waals surface area contributed by atoms with Gasteiger partial charge in [0.05, 0.1) is 6.10 Å². The van der Waals surface area contributed by atoms with Gasteiger partial charge in [0.2, 0.25) is 0 Å². The van der Waals surface area contributed by atoms with E-state index in [1.165, 1.54) is 11.3 Å². The fourth-order valence-electron chi connectivity index (χ4n) is 2.40. The number of aliphatic hydroxyl groups is 1. The van der Waals surface area contributed by atoms with Crippen molar-refractivity contribution in [2.24, 2.45) is 0 Å². The number of aromatic nitrogens is 1. The molecular weight excluding hydrogens is 308 g/mol. The Hall–Kier alpha value is -1.43. The minimum Gasteiger partial charge on any atom is -0.391 e. The summed E-state index contributed by atoms with van der Waals surface area (Å²) >= 11 is 7.31. The Morgan fingerprint density at radius 2 is 2.14 bits per heavy atom. The first kappa shape index (κ1) is 14.5. The third kappa shape index (κ3) is 3.26. The van der Waals surface area contributed by atoms with Gasteiger partial charge in [-0.3, -0.25) is 4.79 Å². The number of carbonyl (C=O) groups is 1.